The monoisotopic (exact) mass is 272 g/mol. The van der Waals surface area contributed by atoms with Crippen molar-refractivity contribution >= 4 is 0 Å². The summed E-state index contributed by atoms with van der Waals surface area (Å²) in [7, 11) is 6.19. The minimum absolute atomic E-state index is 0.466. The maximum absolute atomic E-state index is 4.01. The SMILES string of the molecule is C=CC(=C\N(C)C)/C(=C1\C=CC=CN1C)C(C)C(C)C. The van der Waals surface area contributed by atoms with E-state index in [1.807, 2.05) is 20.2 Å². The van der Waals surface area contributed by atoms with E-state index in [0.29, 0.717) is 11.8 Å². The Balaban J connectivity index is 3.43. The Morgan fingerprint density at radius 3 is 2.35 bits per heavy atom. The van der Waals surface area contributed by atoms with E-state index >= 15 is 0 Å². The summed E-state index contributed by atoms with van der Waals surface area (Å²) in [6.45, 7) is 10.8. The molecule has 1 aliphatic heterocycles. The maximum Gasteiger partial charge on any atom is 0.0445 e. The minimum Gasteiger partial charge on any atom is -0.383 e. The van der Waals surface area contributed by atoms with Gasteiger partial charge in [-0.2, -0.15) is 0 Å². The van der Waals surface area contributed by atoms with Crippen LogP contribution in [-0.4, -0.2) is 30.9 Å². The normalized spacial score (nSPS) is 19.4. The molecule has 110 valence electrons. The van der Waals surface area contributed by atoms with Crippen molar-refractivity contribution < 1.29 is 0 Å². The second-order valence-corrected chi connectivity index (χ2v) is 5.90. The fraction of sp³-hybridized carbons (Fsp3) is 0.444. The highest BCUT2D eigenvalue weighted by molar-refractivity contribution is 5.47. The van der Waals surface area contributed by atoms with Crippen LogP contribution in [0.3, 0.4) is 0 Å². The Morgan fingerprint density at radius 1 is 1.25 bits per heavy atom. The fourth-order valence-corrected chi connectivity index (χ4v) is 2.29. The first-order valence-corrected chi connectivity index (χ1v) is 7.21. The van der Waals surface area contributed by atoms with Crippen LogP contribution in [-0.2, 0) is 0 Å². The quantitative estimate of drug-likeness (QED) is 0.693. The third kappa shape index (κ3) is 3.89. The molecule has 0 bridgehead atoms. The zero-order valence-corrected chi connectivity index (χ0v) is 13.7. The molecule has 0 aromatic rings. The van der Waals surface area contributed by atoms with E-state index in [1.165, 1.54) is 16.8 Å². The van der Waals surface area contributed by atoms with Crippen LogP contribution in [0.15, 0.2) is 60.1 Å². The summed E-state index contributed by atoms with van der Waals surface area (Å²) >= 11 is 0. The van der Waals surface area contributed by atoms with Gasteiger partial charge in [0.05, 0.1) is 0 Å². The molecule has 1 aliphatic rings. The van der Waals surface area contributed by atoms with Crippen molar-refractivity contribution in [2.75, 3.05) is 21.1 Å². The molecule has 0 saturated heterocycles. The Hall–Kier alpha value is -1.70. The average Bonchev–Trinajstić information content (AvgIpc) is 2.39. The summed E-state index contributed by atoms with van der Waals surface area (Å²) in [5, 5.41) is 0. The molecule has 0 aliphatic carbocycles. The van der Waals surface area contributed by atoms with E-state index in [2.05, 4.69) is 74.8 Å². The molecule has 1 unspecified atom stereocenters. The van der Waals surface area contributed by atoms with Crippen molar-refractivity contribution in [3.63, 3.8) is 0 Å². The van der Waals surface area contributed by atoms with Gasteiger partial charge in [0.1, 0.15) is 0 Å². The highest BCUT2D eigenvalue weighted by Gasteiger charge is 2.21. The number of hydrogen-bond acceptors (Lipinski definition) is 2. The van der Waals surface area contributed by atoms with Crippen LogP contribution >= 0.6 is 0 Å². The largest absolute Gasteiger partial charge is 0.383 e. The zero-order valence-electron chi connectivity index (χ0n) is 13.7. The minimum atomic E-state index is 0.466. The molecule has 0 fully saturated rings. The van der Waals surface area contributed by atoms with Gasteiger partial charge >= 0.3 is 0 Å². The second kappa shape index (κ2) is 7.18. The lowest BCUT2D eigenvalue weighted by atomic mass is 9.83. The summed E-state index contributed by atoms with van der Waals surface area (Å²) < 4.78 is 0. The molecule has 0 radical (unpaired) electrons. The molecule has 1 atom stereocenters. The van der Waals surface area contributed by atoms with Gasteiger partial charge in [0.25, 0.3) is 0 Å². The third-order valence-corrected chi connectivity index (χ3v) is 3.71. The molecule has 0 spiro atoms. The molecule has 1 heterocycles. The van der Waals surface area contributed by atoms with E-state index in [4.69, 9.17) is 0 Å². The molecule has 0 saturated carbocycles. The van der Waals surface area contributed by atoms with Crippen LogP contribution < -0.4 is 0 Å². The summed E-state index contributed by atoms with van der Waals surface area (Å²) in [4.78, 5) is 4.26. The number of likely N-dealkylation sites (N-methyl/N-ethyl adjacent to an activating group) is 1. The number of allylic oxidation sites excluding steroid dienone is 6. The summed E-state index contributed by atoms with van der Waals surface area (Å²) in [6, 6.07) is 0. The highest BCUT2D eigenvalue weighted by Crippen LogP contribution is 2.32. The van der Waals surface area contributed by atoms with Gasteiger partial charge in [-0.3, -0.25) is 0 Å². The summed E-state index contributed by atoms with van der Waals surface area (Å²) in [6.07, 6.45) is 12.5. The topological polar surface area (TPSA) is 6.48 Å². The van der Waals surface area contributed by atoms with Crippen LogP contribution in [0.1, 0.15) is 20.8 Å². The molecule has 0 N–H and O–H groups in total. The predicted molar refractivity (Wildman–Crippen MR) is 89.0 cm³/mol. The van der Waals surface area contributed by atoms with Gasteiger partial charge in [0.15, 0.2) is 0 Å². The summed E-state index contributed by atoms with van der Waals surface area (Å²) in [5.41, 5.74) is 3.80. The van der Waals surface area contributed by atoms with E-state index < -0.39 is 0 Å². The predicted octanol–water partition coefficient (Wildman–Crippen LogP) is 4.18. The Labute approximate surface area is 124 Å². The van der Waals surface area contributed by atoms with Crippen molar-refractivity contribution in [3.05, 3.63) is 60.1 Å². The van der Waals surface area contributed by atoms with Crippen LogP contribution in [0.25, 0.3) is 0 Å². The van der Waals surface area contributed by atoms with Crippen molar-refractivity contribution in [1.29, 1.82) is 0 Å². The lowest BCUT2D eigenvalue weighted by Crippen LogP contribution is -2.20. The maximum atomic E-state index is 4.01. The Kier molecular flexibility index (Phi) is 5.87. The zero-order chi connectivity index (χ0) is 15.3. The van der Waals surface area contributed by atoms with Gasteiger partial charge in [0, 0.05) is 39.2 Å². The molecular formula is C18H28N2. The third-order valence-electron chi connectivity index (χ3n) is 3.71. The standard InChI is InChI=1S/C18H28N2/c1-8-16(13-19(5)6)18(15(4)14(2)3)17-11-9-10-12-20(17)7/h8-15H,1H2,2-7H3/b16-13+,18-17+. The van der Waals surface area contributed by atoms with Crippen molar-refractivity contribution in [2.45, 2.75) is 20.8 Å². The average molecular weight is 272 g/mol. The van der Waals surface area contributed by atoms with Crippen molar-refractivity contribution in [2.24, 2.45) is 11.8 Å². The molecule has 2 heteroatoms. The van der Waals surface area contributed by atoms with Crippen molar-refractivity contribution in [3.8, 4) is 0 Å². The number of hydrogen-bond donors (Lipinski definition) is 0. The van der Waals surface area contributed by atoms with E-state index in [1.54, 1.807) is 0 Å². The van der Waals surface area contributed by atoms with Crippen molar-refractivity contribution in [1.82, 2.24) is 9.80 Å². The lowest BCUT2D eigenvalue weighted by molar-refractivity contribution is 0.462. The highest BCUT2D eigenvalue weighted by atomic mass is 15.1. The fourth-order valence-electron chi connectivity index (χ4n) is 2.29. The van der Waals surface area contributed by atoms with Crippen LogP contribution in [0.5, 0.6) is 0 Å². The van der Waals surface area contributed by atoms with E-state index in [-0.39, 0.29) is 0 Å². The number of rotatable bonds is 5. The first-order valence-electron chi connectivity index (χ1n) is 7.21. The smallest absolute Gasteiger partial charge is 0.0445 e. The van der Waals surface area contributed by atoms with E-state index in [9.17, 15) is 0 Å². The number of nitrogens with zero attached hydrogens (tertiary/aromatic N) is 2. The second-order valence-electron chi connectivity index (χ2n) is 5.90. The molecule has 1 rings (SSSR count). The van der Waals surface area contributed by atoms with Gasteiger partial charge in [-0.1, -0.05) is 39.5 Å². The molecule has 0 aromatic carbocycles. The molecule has 0 amide bonds. The first-order chi connectivity index (χ1) is 9.38. The van der Waals surface area contributed by atoms with Gasteiger partial charge in [-0.05, 0) is 35.1 Å². The molecular weight excluding hydrogens is 244 g/mol. The van der Waals surface area contributed by atoms with Crippen LogP contribution in [0, 0.1) is 11.8 Å². The summed E-state index contributed by atoms with van der Waals surface area (Å²) in [5.74, 6) is 1.04. The van der Waals surface area contributed by atoms with Gasteiger partial charge < -0.3 is 9.80 Å². The molecule has 2 nitrogen and oxygen atoms in total. The van der Waals surface area contributed by atoms with Crippen LogP contribution in [0.2, 0.25) is 0 Å². The van der Waals surface area contributed by atoms with E-state index in [0.717, 1.165) is 0 Å². The lowest BCUT2D eigenvalue weighted by Gasteiger charge is -2.29. The Morgan fingerprint density at radius 2 is 1.90 bits per heavy atom. The van der Waals surface area contributed by atoms with Gasteiger partial charge in [-0.15, -0.1) is 0 Å². The first kappa shape index (κ1) is 16.4. The van der Waals surface area contributed by atoms with Gasteiger partial charge in [-0.25, -0.2) is 0 Å². The van der Waals surface area contributed by atoms with Gasteiger partial charge in [0.2, 0.25) is 0 Å². The molecule has 0 aromatic heterocycles. The Bertz CT molecular complexity index is 462. The molecule has 20 heavy (non-hydrogen) atoms. The van der Waals surface area contributed by atoms with Crippen LogP contribution in [0.4, 0.5) is 0 Å².